The third-order valence-corrected chi connectivity index (χ3v) is 5.80. The summed E-state index contributed by atoms with van der Waals surface area (Å²) in [7, 11) is -3.32. The summed E-state index contributed by atoms with van der Waals surface area (Å²) in [5, 5.41) is 9.88. The van der Waals surface area contributed by atoms with E-state index in [1.165, 1.54) is 0 Å². The van der Waals surface area contributed by atoms with Crippen LogP contribution in [0.2, 0.25) is 0 Å². The van der Waals surface area contributed by atoms with Crippen LogP contribution in [0.5, 0.6) is 0 Å². The molecule has 0 amide bonds. The molecular formula is C24H27N6O2S+. The molecule has 170 valence electrons. The van der Waals surface area contributed by atoms with Crippen LogP contribution >= 0.6 is 0 Å². The molecule has 0 unspecified atom stereocenters. The van der Waals surface area contributed by atoms with Gasteiger partial charge in [0.1, 0.15) is 18.8 Å². The van der Waals surface area contributed by atoms with Crippen molar-refractivity contribution in [2.75, 3.05) is 34.8 Å². The van der Waals surface area contributed by atoms with Crippen molar-refractivity contribution in [2.24, 2.45) is 5.22 Å². The Bertz CT molecular complexity index is 1430. The highest BCUT2D eigenvalue weighted by atomic mass is 32.2. The van der Waals surface area contributed by atoms with Gasteiger partial charge >= 0.3 is 0 Å². The van der Waals surface area contributed by atoms with Gasteiger partial charge in [0.15, 0.2) is 0 Å². The van der Waals surface area contributed by atoms with Gasteiger partial charge in [-0.25, -0.2) is 13.4 Å². The number of nitrogens with zero attached hydrogens (tertiary/aromatic N) is 3. The van der Waals surface area contributed by atoms with E-state index < -0.39 is 10.0 Å². The summed E-state index contributed by atoms with van der Waals surface area (Å²) in [6.07, 6.45) is 1.13. The number of nitrogens with one attached hydrogen (secondary N) is 3. The molecule has 0 saturated carbocycles. The molecule has 4 aromatic rings. The first-order chi connectivity index (χ1) is 15.9. The van der Waals surface area contributed by atoms with Gasteiger partial charge in [0.2, 0.25) is 10.0 Å². The molecular weight excluding hydrogens is 436 g/mol. The van der Waals surface area contributed by atoms with E-state index in [1.807, 2.05) is 59.3 Å². The second-order valence-corrected chi connectivity index (χ2v) is 9.41. The molecule has 3 aromatic carbocycles. The van der Waals surface area contributed by atoms with E-state index >= 15 is 0 Å². The first-order valence-electron chi connectivity index (χ1n) is 10.7. The minimum atomic E-state index is -3.32. The minimum absolute atomic E-state index is 0.514. The van der Waals surface area contributed by atoms with Gasteiger partial charge in [-0.15, -0.1) is 5.43 Å². The lowest BCUT2D eigenvalue weighted by molar-refractivity contribution is -0.586. The zero-order valence-electron chi connectivity index (χ0n) is 18.8. The van der Waals surface area contributed by atoms with Crippen molar-refractivity contribution in [1.82, 2.24) is 4.98 Å². The third-order valence-electron chi connectivity index (χ3n) is 5.19. The second-order valence-electron chi connectivity index (χ2n) is 7.66. The van der Waals surface area contributed by atoms with E-state index in [4.69, 9.17) is 4.98 Å². The average Bonchev–Trinajstić information content (AvgIpc) is 2.79. The Labute approximate surface area is 193 Å². The molecule has 9 heteroatoms. The molecule has 0 aliphatic rings. The Hall–Kier alpha value is -3.72. The molecule has 0 radical (unpaired) electrons. The fourth-order valence-corrected chi connectivity index (χ4v) is 4.13. The average molecular weight is 464 g/mol. The highest BCUT2D eigenvalue weighted by molar-refractivity contribution is 7.92. The van der Waals surface area contributed by atoms with Crippen LogP contribution in [0, 0.1) is 0 Å². The zero-order valence-corrected chi connectivity index (χ0v) is 19.6. The number of hydrogen-bond donors (Lipinski definition) is 3. The van der Waals surface area contributed by atoms with E-state index in [1.54, 1.807) is 12.1 Å². The smallest absolute Gasteiger partial charge is 0.229 e. The lowest BCUT2D eigenvalue weighted by Crippen LogP contribution is -2.10. The molecule has 33 heavy (non-hydrogen) atoms. The fourth-order valence-electron chi connectivity index (χ4n) is 3.57. The Morgan fingerprint density at radius 1 is 0.848 bits per heavy atom. The maximum atomic E-state index is 11.5. The molecule has 3 N–H and O–H groups in total. The normalized spacial score (nSPS) is 11.4. The number of hydrogen-bond acceptors (Lipinski definition) is 5. The standard InChI is InChI=1S/C24H26N6O2S/c1-4-30(5-2)29-27-19-14-15-21-23(16-19)26-22-9-7-6-8-20(22)24(21)25-17-10-12-18(13-11-17)28-33(3,31)32/h6-16H,4-5H2,1-3H3,(H2,25,26,27,28,29)/p+1. The number of benzene rings is 3. The summed E-state index contributed by atoms with van der Waals surface area (Å²) in [5.74, 6) is 0. The summed E-state index contributed by atoms with van der Waals surface area (Å²) in [6, 6.07) is 21.1. The Kier molecular flexibility index (Phi) is 6.41. The fraction of sp³-hybridized carbons (Fsp3) is 0.208. The second kappa shape index (κ2) is 9.41. The van der Waals surface area contributed by atoms with Crippen molar-refractivity contribution in [3.05, 3.63) is 66.7 Å². The van der Waals surface area contributed by atoms with E-state index in [0.29, 0.717) is 5.69 Å². The van der Waals surface area contributed by atoms with E-state index in [-0.39, 0.29) is 0 Å². The molecule has 0 aliphatic heterocycles. The van der Waals surface area contributed by atoms with Crippen molar-refractivity contribution >= 4 is 54.6 Å². The van der Waals surface area contributed by atoms with Crippen molar-refractivity contribution in [3.8, 4) is 0 Å². The van der Waals surface area contributed by atoms with Crippen LogP contribution in [0.15, 0.2) is 72.0 Å². The monoisotopic (exact) mass is 463 g/mol. The number of sulfonamides is 1. The Morgan fingerprint density at radius 3 is 2.18 bits per heavy atom. The van der Waals surface area contributed by atoms with Gasteiger partial charge in [0.05, 0.1) is 28.2 Å². The van der Waals surface area contributed by atoms with Gasteiger partial charge in [-0.3, -0.25) is 4.72 Å². The number of para-hydroxylation sites is 1. The zero-order chi connectivity index (χ0) is 23.4. The van der Waals surface area contributed by atoms with E-state index in [9.17, 15) is 8.42 Å². The molecule has 4 rings (SSSR count). The SMILES string of the molecule is CC[N+](CC)=NNc1ccc2c(Nc3ccc(NS(C)(=O)=O)cc3)c3ccccc3nc2c1. The number of fused-ring (bicyclic) bond motifs is 2. The summed E-state index contributed by atoms with van der Waals surface area (Å²) in [4.78, 5) is 4.85. The molecule has 0 fully saturated rings. The first-order valence-corrected chi connectivity index (χ1v) is 12.6. The predicted molar refractivity (Wildman–Crippen MR) is 135 cm³/mol. The summed E-state index contributed by atoms with van der Waals surface area (Å²) < 4.78 is 27.4. The predicted octanol–water partition coefficient (Wildman–Crippen LogP) is 5.33. The molecule has 0 atom stereocenters. The number of pyridine rings is 1. The van der Waals surface area contributed by atoms with E-state index in [0.717, 1.165) is 58.2 Å². The Morgan fingerprint density at radius 2 is 1.48 bits per heavy atom. The molecule has 0 spiro atoms. The minimum Gasteiger partial charge on any atom is -0.354 e. The highest BCUT2D eigenvalue weighted by Gasteiger charge is 2.12. The number of anilines is 4. The van der Waals surface area contributed by atoms with Crippen LogP contribution in [0.3, 0.4) is 0 Å². The largest absolute Gasteiger partial charge is 0.354 e. The van der Waals surface area contributed by atoms with Crippen molar-refractivity contribution in [3.63, 3.8) is 0 Å². The molecule has 8 nitrogen and oxygen atoms in total. The van der Waals surface area contributed by atoms with Crippen LogP contribution in [-0.4, -0.2) is 37.4 Å². The highest BCUT2D eigenvalue weighted by Crippen LogP contribution is 2.34. The van der Waals surface area contributed by atoms with Crippen molar-refractivity contribution in [2.45, 2.75) is 13.8 Å². The lowest BCUT2D eigenvalue weighted by Gasteiger charge is -2.14. The van der Waals surface area contributed by atoms with E-state index in [2.05, 4.69) is 34.5 Å². The van der Waals surface area contributed by atoms with Gasteiger partial charge in [-0.05, 0) is 56.3 Å². The topological polar surface area (TPSA) is 98.5 Å². The molecule has 1 heterocycles. The van der Waals surface area contributed by atoms with Gasteiger partial charge in [0, 0.05) is 28.2 Å². The number of rotatable bonds is 8. The first kappa shape index (κ1) is 22.5. The summed E-state index contributed by atoms with van der Waals surface area (Å²) >= 11 is 0. The van der Waals surface area contributed by atoms with Gasteiger partial charge < -0.3 is 5.32 Å². The Balaban J connectivity index is 1.73. The van der Waals surface area contributed by atoms with Crippen molar-refractivity contribution in [1.29, 1.82) is 0 Å². The maximum Gasteiger partial charge on any atom is 0.229 e. The lowest BCUT2D eigenvalue weighted by atomic mass is 10.1. The maximum absolute atomic E-state index is 11.5. The summed E-state index contributed by atoms with van der Waals surface area (Å²) in [5.41, 5.74) is 7.98. The molecule has 0 saturated heterocycles. The van der Waals surface area contributed by atoms with Crippen LogP contribution in [0.4, 0.5) is 22.7 Å². The van der Waals surface area contributed by atoms with Crippen molar-refractivity contribution < 1.29 is 13.1 Å². The van der Waals surface area contributed by atoms with Gasteiger partial charge in [-0.2, -0.15) is 4.70 Å². The van der Waals surface area contributed by atoms with Crippen LogP contribution in [0.25, 0.3) is 21.8 Å². The van der Waals surface area contributed by atoms with Crippen LogP contribution in [-0.2, 0) is 10.0 Å². The van der Waals surface area contributed by atoms with Gasteiger partial charge in [-0.1, -0.05) is 18.2 Å². The van der Waals surface area contributed by atoms with Gasteiger partial charge in [0.25, 0.3) is 0 Å². The third kappa shape index (κ3) is 5.38. The number of aromatic nitrogens is 1. The van der Waals surface area contributed by atoms with Crippen LogP contribution < -0.4 is 15.5 Å². The molecule has 1 aromatic heterocycles. The quantitative estimate of drug-likeness (QED) is 0.142. The van der Waals surface area contributed by atoms with Crippen LogP contribution in [0.1, 0.15) is 13.8 Å². The summed E-state index contributed by atoms with van der Waals surface area (Å²) in [6.45, 7) is 5.77. The molecule has 0 bridgehead atoms. The molecule has 0 aliphatic carbocycles.